The van der Waals surface area contributed by atoms with Crippen molar-refractivity contribution in [2.45, 2.75) is 32.0 Å². The van der Waals surface area contributed by atoms with E-state index in [1.165, 1.54) is 0 Å². The van der Waals surface area contributed by atoms with Gasteiger partial charge in [0.05, 0.1) is 29.2 Å². The summed E-state index contributed by atoms with van der Waals surface area (Å²) in [6.07, 6.45) is 1.12. The Morgan fingerprint density at radius 3 is 3.05 bits per heavy atom. The van der Waals surface area contributed by atoms with Crippen LogP contribution in [0.25, 0.3) is 0 Å². The molecule has 1 aliphatic rings. The average Bonchev–Trinajstić information content (AvgIpc) is 3.11. The Balaban J connectivity index is 1.65. The zero-order chi connectivity index (χ0) is 14.7. The van der Waals surface area contributed by atoms with Crippen molar-refractivity contribution >= 4 is 11.3 Å². The number of aliphatic hydroxyl groups excluding tert-OH is 2. The molecule has 0 aromatic carbocycles. The van der Waals surface area contributed by atoms with E-state index in [2.05, 4.69) is 20.4 Å². The second kappa shape index (κ2) is 6.65. The number of hydrogen-bond donors (Lipinski definition) is 2. The number of aliphatic hydroxyl groups is 2. The summed E-state index contributed by atoms with van der Waals surface area (Å²) in [5, 5.41) is 25.2. The minimum atomic E-state index is -0.882. The lowest BCUT2D eigenvalue weighted by Gasteiger charge is -2.18. The van der Waals surface area contributed by atoms with Gasteiger partial charge >= 0.3 is 0 Å². The maximum Gasteiger partial charge on any atom is 0.121 e. The smallest absolute Gasteiger partial charge is 0.121 e. The standard InChI is InChI=1S/C14H20N4O2S/c19-8-14(20)13-6-12-7-17(3-1-4-18(12)16-13)5-2-11-9-21-10-15-11/h6,9-10,14,19-20H,1-5,7-8H2/t14-/m0/s1. The molecule has 2 aromatic rings. The topological polar surface area (TPSA) is 74.4 Å². The molecule has 114 valence electrons. The van der Waals surface area contributed by atoms with Crippen molar-refractivity contribution in [1.82, 2.24) is 19.7 Å². The fraction of sp³-hybridized carbons (Fsp3) is 0.571. The Labute approximate surface area is 127 Å². The van der Waals surface area contributed by atoms with Gasteiger partial charge in [0.15, 0.2) is 0 Å². The van der Waals surface area contributed by atoms with Crippen molar-refractivity contribution in [1.29, 1.82) is 0 Å². The van der Waals surface area contributed by atoms with Crippen LogP contribution < -0.4 is 0 Å². The van der Waals surface area contributed by atoms with Crippen LogP contribution in [-0.4, -0.2) is 49.6 Å². The van der Waals surface area contributed by atoms with E-state index in [0.717, 1.165) is 50.4 Å². The molecule has 0 saturated heterocycles. The quantitative estimate of drug-likeness (QED) is 0.855. The molecule has 0 unspecified atom stereocenters. The first kappa shape index (κ1) is 14.6. The summed E-state index contributed by atoms with van der Waals surface area (Å²) in [5.74, 6) is 0. The van der Waals surface area contributed by atoms with Crippen molar-refractivity contribution in [3.05, 3.63) is 34.0 Å². The number of aromatic nitrogens is 3. The molecule has 3 heterocycles. The molecule has 0 aliphatic carbocycles. The molecule has 6 nitrogen and oxygen atoms in total. The number of thiazole rings is 1. The molecule has 2 N–H and O–H groups in total. The van der Waals surface area contributed by atoms with Gasteiger partial charge in [0, 0.05) is 38.0 Å². The number of fused-ring (bicyclic) bond motifs is 1. The Kier molecular flexibility index (Phi) is 4.64. The van der Waals surface area contributed by atoms with Crippen LogP contribution >= 0.6 is 11.3 Å². The predicted octanol–water partition coefficient (Wildman–Crippen LogP) is 0.814. The van der Waals surface area contributed by atoms with Crippen molar-refractivity contribution in [3.63, 3.8) is 0 Å². The molecule has 0 spiro atoms. The highest BCUT2D eigenvalue weighted by molar-refractivity contribution is 7.07. The van der Waals surface area contributed by atoms with E-state index in [1.54, 1.807) is 11.3 Å². The first-order chi connectivity index (χ1) is 10.3. The van der Waals surface area contributed by atoms with Gasteiger partial charge in [-0.25, -0.2) is 4.98 Å². The Morgan fingerprint density at radius 2 is 2.29 bits per heavy atom. The molecular formula is C14H20N4O2S. The van der Waals surface area contributed by atoms with E-state index >= 15 is 0 Å². The molecule has 0 amide bonds. The van der Waals surface area contributed by atoms with Crippen LogP contribution in [0.5, 0.6) is 0 Å². The molecule has 0 fully saturated rings. The average molecular weight is 308 g/mol. The monoisotopic (exact) mass is 308 g/mol. The fourth-order valence-electron chi connectivity index (χ4n) is 2.63. The maximum absolute atomic E-state index is 9.70. The van der Waals surface area contributed by atoms with E-state index in [1.807, 2.05) is 16.3 Å². The van der Waals surface area contributed by atoms with E-state index in [9.17, 15) is 5.11 Å². The van der Waals surface area contributed by atoms with Crippen molar-refractivity contribution < 1.29 is 10.2 Å². The van der Waals surface area contributed by atoms with Crippen LogP contribution in [-0.2, 0) is 19.5 Å². The lowest BCUT2D eigenvalue weighted by molar-refractivity contribution is 0.0916. The second-order valence-electron chi connectivity index (χ2n) is 5.34. The molecule has 1 atom stereocenters. The summed E-state index contributed by atoms with van der Waals surface area (Å²) in [6.45, 7) is 3.43. The molecular weight excluding hydrogens is 288 g/mol. The van der Waals surface area contributed by atoms with Gasteiger partial charge in [-0.05, 0) is 12.5 Å². The van der Waals surface area contributed by atoms with Gasteiger partial charge in [0.2, 0.25) is 0 Å². The number of rotatable bonds is 5. The van der Waals surface area contributed by atoms with Gasteiger partial charge in [-0.2, -0.15) is 5.10 Å². The Bertz CT molecular complexity index is 570. The lowest BCUT2D eigenvalue weighted by Crippen LogP contribution is -2.25. The predicted molar refractivity (Wildman–Crippen MR) is 80.0 cm³/mol. The number of hydrogen-bond acceptors (Lipinski definition) is 6. The highest BCUT2D eigenvalue weighted by Gasteiger charge is 2.19. The SMILES string of the molecule is OC[C@H](O)c1cc2n(n1)CCCN(CCc1cscn1)C2. The molecule has 0 saturated carbocycles. The van der Waals surface area contributed by atoms with Crippen LogP contribution in [0, 0.1) is 0 Å². The van der Waals surface area contributed by atoms with Crippen LogP contribution in [0.1, 0.15) is 29.6 Å². The second-order valence-corrected chi connectivity index (χ2v) is 6.06. The summed E-state index contributed by atoms with van der Waals surface area (Å²) >= 11 is 1.63. The number of nitrogens with zero attached hydrogens (tertiary/aromatic N) is 4. The van der Waals surface area contributed by atoms with Crippen molar-refractivity contribution in [2.24, 2.45) is 0 Å². The van der Waals surface area contributed by atoms with Crippen LogP contribution in [0.4, 0.5) is 0 Å². The lowest BCUT2D eigenvalue weighted by atomic mass is 10.2. The molecule has 0 bridgehead atoms. The molecule has 3 rings (SSSR count). The van der Waals surface area contributed by atoms with Gasteiger partial charge in [0.1, 0.15) is 6.10 Å². The molecule has 1 aliphatic heterocycles. The summed E-state index contributed by atoms with van der Waals surface area (Å²) in [6, 6.07) is 1.90. The van der Waals surface area contributed by atoms with Gasteiger partial charge in [-0.15, -0.1) is 11.3 Å². The zero-order valence-electron chi connectivity index (χ0n) is 11.9. The minimum Gasteiger partial charge on any atom is -0.393 e. The molecule has 2 aromatic heterocycles. The third kappa shape index (κ3) is 3.49. The van der Waals surface area contributed by atoms with Gasteiger partial charge in [-0.1, -0.05) is 0 Å². The van der Waals surface area contributed by atoms with Gasteiger partial charge in [0.25, 0.3) is 0 Å². The van der Waals surface area contributed by atoms with Crippen molar-refractivity contribution in [2.75, 3.05) is 19.7 Å². The summed E-state index contributed by atoms with van der Waals surface area (Å²) < 4.78 is 1.96. The van der Waals surface area contributed by atoms with Crippen LogP contribution in [0.2, 0.25) is 0 Å². The summed E-state index contributed by atoms with van der Waals surface area (Å²) in [7, 11) is 0. The Morgan fingerprint density at radius 1 is 1.38 bits per heavy atom. The fourth-order valence-corrected chi connectivity index (χ4v) is 3.22. The largest absolute Gasteiger partial charge is 0.393 e. The molecule has 21 heavy (non-hydrogen) atoms. The third-order valence-electron chi connectivity index (χ3n) is 3.79. The molecule has 7 heteroatoms. The summed E-state index contributed by atoms with van der Waals surface area (Å²) in [5.41, 5.74) is 4.69. The van der Waals surface area contributed by atoms with E-state index in [-0.39, 0.29) is 6.61 Å². The van der Waals surface area contributed by atoms with E-state index in [0.29, 0.717) is 5.69 Å². The summed E-state index contributed by atoms with van der Waals surface area (Å²) in [4.78, 5) is 6.72. The number of aryl methyl sites for hydroxylation is 1. The first-order valence-electron chi connectivity index (χ1n) is 7.21. The van der Waals surface area contributed by atoms with Gasteiger partial charge < -0.3 is 10.2 Å². The highest BCUT2D eigenvalue weighted by atomic mass is 32.1. The minimum absolute atomic E-state index is 0.288. The molecule has 0 radical (unpaired) electrons. The zero-order valence-corrected chi connectivity index (χ0v) is 12.7. The Hall–Kier alpha value is -1.28. The van der Waals surface area contributed by atoms with Crippen LogP contribution in [0.3, 0.4) is 0 Å². The normalized spacial score (nSPS) is 17.4. The highest BCUT2D eigenvalue weighted by Crippen LogP contribution is 2.18. The van der Waals surface area contributed by atoms with E-state index < -0.39 is 6.10 Å². The van der Waals surface area contributed by atoms with Crippen molar-refractivity contribution in [3.8, 4) is 0 Å². The first-order valence-corrected chi connectivity index (χ1v) is 8.15. The van der Waals surface area contributed by atoms with Crippen LogP contribution in [0.15, 0.2) is 17.0 Å². The van der Waals surface area contributed by atoms with Gasteiger partial charge in [-0.3, -0.25) is 9.58 Å². The third-order valence-corrected chi connectivity index (χ3v) is 4.43. The van der Waals surface area contributed by atoms with E-state index in [4.69, 9.17) is 5.11 Å². The maximum atomic E-state index is 9.70.